The fourth-order valence-corrected chi connectivity index (χ4v) is 3.13. The monoisotopic (exact) mass is 422 g/mol. The molecule has 31 heavy (non-hydrogen) atoms. The zero-order chi connectivity index (χ0) is 22.0. The van der Waals surface area contributed by atoms with Crippen molar-refractivity contribution in [1.29, 1.82) is 0 Å². The van der Waals surface area contributed by atoms with Gasteiger partial charge in [0.05, 0.1) is 23.7 Å². The third-order valence-corrected chi connectivity index (χ3v) is 4.71. The van der Waals surface area contributed by atoms with E-state index in [0.717, 1.165) is 11.0 Å². The van der Waals surface area contributed by atoms with Crippen LogP contribution in [0.1, 0.15) is 16.2 Å². The molecular weight excluding hydrogens is 403 g/mol. The van der Waals surface area contributed by atoms with Gasteiger partial charge in [-0.05, 0) is 30.3 Å². The number of methoxy groups -OCH3 is 1. The summed E-state index contributed by atoms with van der Waals surface area (Å²) in [4.78, 5) is 15.7. The predicted octanol–water partition coefficient (Wildman–Crippen LogP) is 4.79. The van der Waals surface area contributed by atoms with Crippen LogP contribution in [0, 0.1) is 5.82 Å². The first kappa shape index (κ1) is 20.2. The Bertz CT molecular complexity index is 1270. The summed E-state index contributed by atoms with van der Waals surface area (Å²) >= 11 is 0. The van der Waals surface area contributed by atoms with Crippen LogP contribution in [0.3, 0.4) is 0 Å². The fraction of sp³-hybridized carbons (Fsp3) is 0.130. The molecule has 1 heterocycles. The molecule has 1 aromatic heterocycles. The third-order valence-electron chi connectivity index (χ3n) is 4.71. The molecule has 158 valence electrons. The number of halogens is 1. The van der Waals surface area contributed by atoms with Crippen molar-refractivity contribution in [3.05, 3.63) is 77.9 Å². The SMILES string of the molecule is COc1cc(F)cc(Oc2ccc3nc(COc4cccc(C(=O)O)c4)n(C)c3c2)c1. The molecule has 0 spiro atoms. The lowest BCUT2D eigenvalue weighted by Gasteiger charge is -2.09. The van der Waals surface area contributed by atoms with Gasteiger partial charge in [0, 0.05) is 31.3 Å². The number of rotatable bonds is 7. The Morgan fingerprint density at radius 1 is 1.03 bits per heavy atom. The molecule has 8 heteroatoms. The Hall–Kier alpha value is -4.07. The summed E-state index contributed by atoms with van der Waals surface area (Å²) in [6, 6.07) is 15.8. The van der Waals surface area contributed by atoms with Crippen LogP contribution in [-0.2, 0) is 13.7 Å². The van der Waals surface area contributed by atoms with E-state index in [1.807, 2.05) is 11.6 Å². The highest BCUT2D eigenvalue weighted by atomic mass is 19.1. The third kappa shape index (κ3) is 4.42. The van der Waals surface area contributed by atoms with Crippen LogP contribution in [0.15, 0.2) is 60.7 Å². The molecule has 4 rings (SSSR count). The first-order valence-corrected chi connectivity index (χ1v) is 9.37. The molecule has 0 saturated carbocycles. The molecule has 0 radical (unpaired) electrons. The zero-order valence-corrected chi connectivity index (χ0v) is 16.8. The fourth-order valence-electron chi connectivity index (χ4n) is 3.13. The second-order valence-electron chi connectivity index (χ2n) is 6.79. The second kappa shape index (κ2) is 8.35. The summed E-state index contributed by atoms with van der Waals surface area (Å²) in [7, 11) is 3.30. The summed E-state index contributed by atoms with van der Waals surface area (Å²) in [5, 5.41) is 9.10. The Kier molecular flexibility index (Phi) is 5.44. The van der Waals surface area contributed by atoms with E-state index in [9.17, 15) is 9.18 Å². The largest absolute Gasteiger partial charge is 0.497 e. The van der Waals surface area contributed by atoms with Gasteiger partial charge in [-0.25, -0.2) is 14.2 Å². The van der Waals surface area contributed by atoms with Crippen molar-refractivity contribution in [2.75, 3.05) is 7.11 Å². The predicted molar refractivity (Wildman–Crippen MR) is 111 cm³/mol. The average Bonchev–Trinajstić information content (AvgIpc) is 3.07. The Labute approximate surface area is 177 Å². The number of benzene rings is 3. The molecular formula is C23H19FN2O5. The van der Waals surface area contributed by atoms with Gasteiger partial charge >= 0.3 is 5.97 Å². The van der Waals surface area contributed by atoms with Gasteiger partial charge < -0.3 is 23.9 Å². The van der Waals surface area contributed by atoms with Gasteiger partial charge in [0.25, 0.3) is 0 Å². The van der Waals surface area contributed by atoms with E-state index in [1.165, 1.54) is 31.4 Å². The Morgan fingerprint density at radius 3 is 2.61 bits per heavy atom. The van der Waals surface area contributed by atoms with Gasteiger partial charge in [0.2, 0.25) is 0 Å². The highest BCUT2D eigenvalue weighted by Crippen LogP contribution is 2.29. The minimum Gasteiger partial charge on any atom is -0.497 e. The van der Waals surface area contributed by atoms with Gasteiger partial charge in [0.1, 0.15) is 41.2 Å². The number of aromatic carboxylic acids is 1. The van der Waals surface area contributed by atoms with E-state index in [1.54, 1.807) is 36.4 Å². The molecule has 4 aromatic rings. The number of hydrogen-bond donors (Lipinski definition) is 1. The number of aryl methyl sites for hydroxylation is 1. The first-order chi connectivity index (χ1) is 14.9. The van der Waals surface area contributed by atoms with Crippen molar-refractivity contribution >= 4 is 17.0 Å². The molecule has 3 aromatic carbocycles. The van der Waals surface area contributed by atoms with Crippen LogP contribution in [0.4, 0.5) is 4.39 Å². The number of ether oxygens (including phenoxy) is 3. The molecule has 0 bridgehead atoms. The molecule has 0 aliphatic carbocycles. The molecule has 7 nitrogen and oxygen atoms in total. The number of carbonyl (C=O) groups is 1. The van der Waals surface area contributed by atoms with Crippen molar-refractivity contribution in [3.63, 3.8) is 0 Å². The number of aromatic nitrogens is 2. The van der Waals surface area contributed by atoms with Gasteiger partial charge in [-0.1, -0.05) is 6.07 Å². The molecule has 0 fully saturated rings. The van der Waals surface area contributed by atoms with E-state index in [4.69, 9.17) is 19.3 Å². The van der Waals surface area contributed by atoms with E-state index in [-0.39, 0.29) is 12.2 Å². The first-order valence-electron chi connectivity index (χ1n) is 9.37. The smallest absolute Gasteiger partial charge is 0.335 e. The number of carboxylic acid groups (broad SMARTS) is 1. The van der Waals surface area contributed by atoms with Crippen LogP contribution in [0.2, 0.25) is 0 Å². The van der Waals surface area contributed by atoms with E-state index in [0.29, 0.717) is 28.8 Å². The molecule has 0 unspecified atom stereocenters. The molecule has 0 amide bonds. The topological polar surface area (TPSA) is 82.8 Å². The summed E-state index contributed by atoms with van der Waals surface area (Å²) in [6.07, 6.45) is 0. The lowest BCUT2D eigenvalue weighted by molar-refractivity contribution is 0.0696. The second-order valence-corrected chi connectivity index (χ2v) is 6.79. The molecule has 0 atom stereocenters. The summed E-state index contributed by atoms with van der Waals surface area (Å²) in [6.45, 7) is 0.158. The number of imidazole rings is 1. The van der Waals surface area contributed by atoms with Gasteiger partial charge in [-0.3, -0.25) is 0 Å². The average molecular weight is 422 g/mol. The van der Waals surface area contributed by atoms with Gasteiger partial charge in [0.15, 0.2) is 0 Å². The molecule has 0 aliphatic rings. The van der Waals surface area contributed by atoms with Crippen LogP contribution >= 0.6 is 0 Å². The normalized spacial score (nSPS) is 10.8. The van der Waals surface area contributed by atoms with Crippen LogP contribution in [-0.4, -0.2) is 27.7 Å². The lowest BCUT2D eigenvalue weighted by atomic mass is 10.2. The standard InChI is InChI=1S/C23H19FN2O5/c1-26-21-12-17(31-19-10-15(24)9-18(11-19)29-2)6-7-20(21)25-22(26)13-30-16-5-3-4-14(8-16)23(27)28/h3-12H,13H2,1-2H3,(H,27,28). The maximum Gasteiger partial charge on any atom is 0.335 e. The highest BCUT2D eigenvalue weighted by Gasteiger charge is 2.12. The van der Waals surface area contributed by atoms with Crippen molar-refractivity contribution in [3.8, 4) is 23.0 Å². The van der Waals surface area contributed by atoms with E-state index in [2.05, 4.69) is 4.98 Å². The van der Waals surface area contributed by atoms with Crippen LogP contribution in [0.5, 0.6) is 23.0 Å². The maximum atomic E-state index is 13.7. The van der Waals surface area contributed by atoms with Crippen LogP contribution < -0.4 is 14.2 Å². The minimum atomic E-state index is -1.02. The van der Waals surface area contributed by atoms with Crippen molar-refractivity contribution < 1.29 is 28.5 Å². The number of hydrogen-bond acceptors (Lipinski definition) is 5. The van der Waals surface area contributed by atoms with Crippen molar-refractivity contribution in [1.82, 2.24) is 9.55 Å². The van der Waals surface area contributed by atoms with Crippen molar-refractivity contribution in [2.24, 2.45) is 7.05 Å². The number of carboxylic acids is 1. The maximum absolute atomic E-state index is 13.7. The number of fused-ring (bicyclic) bond motifs is 1. The van der Waals surface area contributed by atoms with Gasteiger partial charge in [-0.2, -0.15) is 0 Å². The lowest BCUT2D eigenvalue weighted by Crippen LogP contribution is -2.04. The summed E-state index contributed by atoms with van der Waals surface area (Å²) < 4.78 is 32.2. The number of nitrogens with zero attached hydrogens (tertiary/aromatic N) is 2. The quantitative estimate of drug-likeness (QED) is 0.461. The molecule has 1 N–H and O–H groups in total. The molecule has 0 aliphatic heterocycles. The van der Waals surface area contributed by atoms with Crippen LogP contribution in [0.25, 0.3) is 11.0 Å². The van der Waals surface area contributed by atoms with E-state index >= 15 is 0 Å². The summed E-state index contributed by atoms with van der Waals surface area (Å²) in [5.41, 5.74) is 1.70. The summed E-state index contributed by atoms with van der Waals surface area (Å²) in [5.74, 6) is 0.823. The van der Waals surface area contributed by atoms with Gasteiger partial charge in [-0.15, -0.1) is 0 Å². The highest BCUT2D eigenvalue weighted by molar-refractivity contribution is 5.88. The van der Waals surface area contributed by atoms with Crippen molar-refractivity contribution in [2.45, 2.75) is 6.61 Å². The molecule has 0 saturated heterocycles. The Morgan fingerprint density at radius 2 is 1.84 bits per heavy atom. The van der Waals surface area contributed by atoms with E-state index < -0.39 is 11.8 Å². The Balaban J connectivity index is 1.55. The zero-order valence-electron chi connectivity index (χ0n) is 16.8. The minimum absolute atomic E-state index is 0.151.